The molecule has 1 saturated heterocycles. The fraction of sp³-hybridized carbons (Fsp3) is 0.600. The molecule has 2 amide bonds. The van der Waals surface area contributed by atoms with Crippen molar-refractivity contribution in [1.82, 2.24) is 20.1 Å². The summed E-state index contributed by atoms with van der Waals surface area (Å²) in [6.45, 7) is 9.72. The van der Waals surface area contributed by atoms with Crippen LogP contribution in [0.15, 0.2) is 24.5 Å². The molecule has 1 aliphatic rings. The van der Waals surface area contributed by atoms with Gasteiger partial charge in [-0.1, -0.05) is 13.8 Å². The Balaban J connectivity index is 1.72. The van der Waals surface area contributed by atoms with Gasteiger partial charge in [0.1, 0.15) is 0 Å². The molecule has 0 aliphatic carbocycles. The molecule has 1 aliphatic heterocycles. The van der Waals surface area contributed by atoms with Crippen LogP contribution >= 0.6 is 0 Å². The molecular weight excluding hydrogens is 252 g/mol. The molecule has 1 N–H and O–H groups in total. The summed E-state index contributed by atoms with van der Waals surface area (Å²) in [5.74, 6) is 0.682. The number of piperazine rings is 1. The molecule has 110 valence electrons. The highest BCUT2D eigenvalue weighted by atomic mass is 16.2. The summed E-state index contributed by atoms with van der Waals surface area (Å²) in [5, 5.41) is 2.96. The summed E-state index contributed by atoms with van der Waals surface area (Å²) in [7, 11) is 0. The predicted octanol–water partition coefficient (Wildman–Crippen LogP) is 1.56. The third-order valence-corrected chi connectivity index (χ3v) is 3.48. The average Bonchev–Trinajstić information content (AvgIpc) is 2.46. The van der Waals surface area contributed by atoms with E-state index in [1.165, 1.54) is 0 Å². The number of amides is 2. The maximum Gasteiger partial charge on any atom is 0.317 e. The number of urea groups is 1. The number of carbonyl (C=O) groups is 1. The zero-order valence-corrected chi connectivity index (χ0v) is 12.4. The lowest BCUT2D eigenvalue weighted by atomic mass is 10.2. The van der Waals surface area contributed by atoms with Crippen molar-refractivity contribution in [2.75, 3.05) is 32.7 Å². The summed E-state index contributed by atoms with van der Waals surface area (Å²) in [6, 6.07) is 3.87. The predicted molar refractivity (Wildman–Crippen MR) is 79.3 cm³/mol. The van der Waals surface area contributed by atoms with Gasteiger partial charge < -0.3 is 10.2 Å². The standard InChI is InChI=1S/C15H24N4O/c1-13(2)12-18-7-9-19(10-8-18)15(20)17-11-14-3-5-16-6-4-14/h3-6,13H,7-12H2,1-2H3,(H,17,20). The van der Waals surface area contributed by atoms with Crippen LogP contribution < -0.4 is 5.32 Å². The lowest BCUT2D eigenvalue weighted by Gasteiger charge is -2.35. The van der Waals surface area contributed by atoms with E-state index < -0.39 is 0 Å². The Labute approximate surface area is 121 Å². The maximum atomic E-state index is 12.1. The van der Waals surface area contributed by atoms with Gasteiger partial charge in [0.2, 0.25) is 0 Å². The smallest absolute Gasteiger partial charge is 0.317 e. The first-order valence-corrected chi connectivity index (χ1v) is 7.29. The second-order valence-corrected chi connectivity index (χ2v) is 5.70. The van der Waals surface area contributed by atoms with Crippen molar-refractivity contribution < 1.29 is 4.79 Å². The average molecular weight is 276 g/mol. The molecule has 1 aromatic heterocycles. The highest BCUT2D eigenvalue weighted by Crippen LogP contribution is 2.05. The summed E-state index contributed by atoms with van der Waals surface area (Å²) in [5.41, 5.74) is 1.08. The Hall–Kier alpha value is -1.62. The number of nitrogens with zero attached hydrogens (tertiary/aromatic N) is 3. The number of hydrogen-bond acceptors (Lipinski definition) is 3. The molecule has 2 rings (SSSR count). The van der Waals surface area contributed by atoms with Crippen molar-refractivity contribution in [2.24, 2.45) is 5.92 Å². The topological polar surface area (TPSA) is 48.5 Å². The minimum Gasteiger partial charge on any atom is -0.334 e. The van der Waals surface area contributed by atoms with Gasteiger partial charge in [-0.15, -0.1) is 0 Å². The van der Waals surface area contributed by atoms with E-state index in [-0.39, 0.29) is 6.03 Å². The number of aromatic nitrogens is 1. The molecule has 0 bridgehead atoms. The fourth-order valence-electron chi connectivity index (χ4n) is 2.44. The van der Waals surface area contributed by atoms with Crippen LogP contribution in [-0.2, 0) is 6.54 Å². The number of pyridine rings is 1. The van der Waals surface area contributed by atoms with Crippen molar-refractivity contribution in [1.29, 1.82) is 0 Å². The van der Waals surface area contributed by atoms with Gasteiger partial charge in [0.25, 0.3) is 0 Å². The Bertz CT molecular complexity index is 413. The van der Waals surface area contributed by atoms with Gasteiger partial charge in [0.05, 0.1) is 0 Å². The van der Waals surface area contributed by atoms with Crippen molar-refractivity contribution >= 4 is 6.03 Å². The lowest BCUT2D eigenvalue weighted by Crippen LogP contribution is -2.52. The van der Waals surface area contributed by atoms with E-state index >= 15 is 0 Å². The summed E-state index contributed by atoms with van der Waals surface area (Å²) in [4.78, 5) is 20.4. The zero-order valence-electron chi connectivity index (χ0n) is 12.4. The largest absolute Gasteiger partial charge is 0.334 e. The van der Waals surface area contributed by atoms with E-state index in [1.807, 2.05) is 17.0 Å². The van der Waals surface area contributed by atoms with Gasteiger partial charge in [-0.2, -0.15) is 0 Å². The van der Waals surface area contributed by atoms with Crippen LogP contribution in [0, 0.1) is 5.92 Å². The van der Waals surface area contributed by atoms with E-state index in [0.29, 0.717) is 12.5 Å². The van der Waals surface area contributed by atoms with Crippen molar-refractivity contribution in [3.63, 3.8) is 0 Å². The molecule has 20 heavy (non-hydrogen) atoms. The van der Waals surface area contributed by atoms with Gasteiger partial charge >= 0.3 is 6.03 Å². The minimum absolute atomic E-state index is 0.0333. The molecule has 5 heteroatoms. The molecule has 1 aromatic rings. The zero-order chi connectivity index (χ0) is 14.4. The van der Waals surface area contributed by atoms with Crippen LogP contribution in [0.3, 0.4) is 0 Å². The highest BCUT2D eigenvalue weighted by molar-refractivity contribution is 5.74. The Kier molecular flexibility index (Phi) is 5.35. The van der Waals surface area contributed by atoms with Gasteiger partial charge in [-0.25, -0.2) is 4.79 Å². The van der Waals surface area contributed by atoms with Crippen LogP contribution in [0.5, 0.6) is 0 Å². The molecule has 5 nitrogen and oxygen atoms in total. The fourth-order valence-corrected chi connectivity index (χ4v) is 2.44. The third-order valence-electron chi connectivity index (χ3n) is 3.48. The van der Waals surface area contributed by atoms with Crippen molar-refractivity contribution in [2.45, 2.75) is 20.4 Å². The minimum atomic E-state index is 0.0333. The Morgan fingerprint density at radius 1 is 1.25 bits per heavy atom. The lowest BCUT2D eigenvalue weighted by molar-refractivity contribution is 0.131. The third kappa shape index (κ3) is 4.49. The highest BCUT2D eigenvalue weighted by Gasteiger charge is 2.20. The summed E-state index contributed by atoms with van der Waals surface area (Å²) < 4.78 is 0. The maximum absolute atomic E-state index is 12.1. The first-order valence-electron chi connectivity index (χ1n) is 7.29. The Morgan fingerprint density at radius 3 is 2.50 bits per heavy atom. The summed E-state index contributed by atoms with van der Waals surface area (Å²) >= 11 is 0. The van der Waals surface area contributed by atoms with Crippen molar-refractivity contribution in [3.05, 3.63) is 30.1 Å². The first-order chi connectivity index (χ1) is 9.65. The van der Waals surface area contributed by atoms with E-state index in [9.17, 15) is 4.79 Å². The van der Waals surface area contributed by atoms with Gasteiger partial charge in [0, 0.05) is 51.7 Å². The number of carbonyl (C=O) groups excluding carboxylic acids is 1. The second kappa shape index (κ2) is 7.24. The quantitative estimate of drug-likeness (QED) is 0.908. The van der Waals surface area contributed by atoms with Crippen LogP contribution in [0.4, 0.5) is 4.79 Å². The molecule has 0 unspecified atom stereocenters. The number of hydrogen-bond donors (Lipinski definition) is 1. The van der Waals surface area contributed by atoms with Crippen LogP contribution in [0.1, 0.15) is 19.4 Å². The van der Waals surface area contributed by atoms with E-state index in [4.69, 9.17) is 0 Å². The molecule has 1 fully saturated rings. The van der Waals surface area contributed by atoms with Crippen molar-refractivity contribution in [3.8, 4) is 0 Å². The second-order valence-electron chi connectivity index (χ2n) is 5.70. The molecule has 0 aromatic carbocycles. The van der Waals surface area contributed by atoms with Gasteiger partial charge in [-0.3, -0.25) is 9.88 Å². The molecule has 0 radical (unpaired) electrons. The van der Waals surface area contributed by atoms with Crippen LogP contribution in [0.2, 0.25) is 0 Å². The van der Waals surface area contributed by atoms with E-state index in [1.54, 1.807) is 12.4 Å². The van der Waals surface area contributed by atoms with E-state index in [2.05, 4.69) is 29.0 Å². The van der Waals surface area contributed by atoms with Gasteiger partial charge in [0.15, 0.2) is 0 Å². The van der Waals surface area contributed by atoms with E-state index in [0.717, 1.165) is 38.3 Å². The van der Waals surface area contributed by atoms with Gasteiger partial charge in [-0.05, 0) is 23.6 Å². The Morgan fingerprint density at radius 2 is 1.90 bits per heavy atom. The molecule has 0 spiro atoms. The van der Waals surface area contributed by atoms with Crippen LogP contribution in [0.25, 0.3) is 0 Å². The number of rotatable bonds is 4. The molecular formula is C15H24N4O. The molecule has 2 heterocycles. The number of nitrogens with one attached hydrogen (secondary N) is 1. The van der Waals surface area contributed by atoms with Crippen LogP contribution in [-0.4, -0.2) is 53.5 Å². The molecule has 0 saturated carbocycles. The molecule has 0 atom stereocenters. The normalized spacial score (nSPS) is 16.4. The first kappa shape index (κ1) is 14.8. The monoisotopic (exact) mass is 276 g/mol. The SMILES string of the molecule is CC(C)CN1CCN(C(=O)NCc2ccncc2)CC1. The summed E-state index contributed by atoms with van der Waals surface area (Å²) in [6.07, 6.45) is 3.48.